The Morgan fingerprint density at radius 1 is 1.05 bits per heavy atom. The van der Waals surface area contributed by atoms with Gasteiger partial charge >= 0.3 is 0 Å². The quantitative estimate of drug-likeness (QED) is 0.841. The van der Waals surface area contributed by atoms with Crippen molar-refractivity contribution in [1.82, 2.24) is 10.2 Å². The van der Waals surface area contributed by atoms with Crippen LogP contribution in [0.25, 0.3) is 0 Å². The summed E-state index contributed by atoms with van der Waals surface area (Å²) in [6, 6.07) is 2.47. The third-order valence-electron chi connectivity index (χ3n) is 6.50. The standard InChI is InChI=1S/C19H36N2/c1-4-10-20-17-13-14(2)12-15(3)19(17)21-11-6-8-16-7-5-9-18(16)21/h14-20H,4-13H2,1-3H3. The van der Waals surface area contributed by atoms with Gasteiger partial charge in [-0.1, -0.05) is 27.2 Å². The van der Waals surface area contributed by atoms with E-state index in [9.17, 15) is 0 Å². The maximum Gasteiger partial charge on any atom is 0.0278 e. The fourth-order valence-electron chi connectivity index (χ4n) is 5.79. The molecule has 0 aromatic heterocycles. The lowest BCUT2D eigenvalue weighted by atomic mass is 9.74. The zero-order chi connectivity index (χ0) is 14.8. The number of nitrogens with one attached hydrogen (secondary N) is 1. The summed E-state index contributed by atoms with van der Waals surface area (Å²) >= 11 is 0. The van der Waals surface area contributed by atoms with Crippen molar-refractivity contribution in [3.8, 4) is 0 Å². The van der Waals surface area contributed by atoms with E-state index in [1.807, 2.05) is 0 Å². The minimum absolute atomic E-state index is 0.739. The highest BCUT2D eigenvalue weighted by Crippen LogP contribution is 2.42. The average Bonchev–Trinajstić information content (AvgIpc) is 2.93. The SMILES string of the molecule is CCCNC1CC(C)CC(C)C1N1CCCC2CCCC21. The van der Waals surface area contributed by atoms with Crippen molar-refractivity contribution in [3.05, 3.63) is 0 Å². The molecule has 6 atom stereocenters. The monoisotopic (exact) mass is 292 g/mol. The molecule has 122 valence electrons. The van der Waals surface area contributed by atoms with E-state index in [2.05, 4.69) is 31.0 Å². The third-order valence-corrected chi connectivity index (χ3v) is 6.50. The highest BCUT2D eigenvalue weighted by atomic mass is 15.2. The first kappa shape index (κ1) is 15.8. The minimum atomic E-state index is 0.739. The first-order valence-electron chi connectivity index (χ1n) is 9.69. The molecule has 1 aliphatic heterocycles. The molecule has 0 radical (unpaired) electrons. The van der Waals surface area contributed by atoms with Gasteiger partial charge in [0.25, 0.3) is 0 Å². The van der Waals surface area contributed by atoms with Crippen LogP contribution >= 0.6 is 0 Å². The number of piperidine rings is 1. The van der Waals surface area contributed by atoms with Crippen LogP contribution in [-0.2, 0) is 0 Å². The molecule has 2 saturated carbocycles. The Hall–Kier alpha value is -0.0800. The van der Waals surface area contributed by atoms with E-state index in [4.69, 9.17) is 0 Å². The molecule has 2 nitrogen and oxygen atoms in total. The normalized spacial score (nSPS) is 44.7. The maximum absolute atomic E-state index is 3.92. The summed E-state index contributed by atoms with van der Waals surface area (Å²) in [5, 5.41) is 3.92. The Kier molecular flexibility index (Phi) is 5.27. The van der Waals surface area contributed by atoms with Gasteiger partial charge in [0, 0.05) is 18.1 Å². The van der Waals surface area contributed by atoms with Crippen molar-refractivity contribution < 1.29 is 0 Å². The Morgan fingerprint density at radius 3 is 2.67 bits per heavy atom. The largest absolute Gasteiger partial charge is 0.312 e. The molecular weight excluding hydrogens is 256 g/mol. The molecule has 1 N–H and O–H groups in total. The van der Waals surface area contributed by atoms with Gasteiger partial charge in [-0.25, -0.2) is 0 Å². The number of hydrogen-bond donors (Lipinski definition) is 1. The number of rotatable bonds is 4. The highest BCUT2D eigenvalue weighted by Gasteiger charge is 2.44. The van der Waals surface area contributed by atoms with Crippen molar-refractivity contribution in [3.63, 3.8) is 0 Å². The molecule has 2 aliphatic carbocycles. The van der Waals surface area contributed by atoms with E-state index in [0.29, 0.717) is 0 Å². The van der Waals surface area contributed by atoms with Gasteiger partial charge in [-0.3, -0.25) is 4.90 Å². The Labute approximate surface area is 132 Å². The lowest BCUT2D eigenvalue weighted by Crippen LogP contribution is -2.61. The van der Waals surface area contributed by atoms with Gasteiger partial charge in [0.1, 0.15) is 0 Å². The number of nitrogens with zero attached hydrogens (tertiary/aromatic N) is 1. The first-order valence-corrected chi connectivity index (χ1v) is 9.69. The van der Waals surface area contributed by atoms with Crippen LogP contribution in [0, 0.1) is 17.8 Å². The highest BCUT2D eigenvalue weighted by molar-refractivity contribution is 5.00. The van der Waals surface area contributed by atoms with E-state index in [1.165, 1.54) is 64.5 Å². The van der Waals surface area contributed by atoms with Gasteiger partial charge in [-0.05, 0) is 75.8 Å². The van der Waals surface area contributed by atoms with E-state index in [0.717, 1.165) is 35.9 Å². The summed E-state index contributed by atoms with van der Waals surface area (Å²) in [4.78, 5) is 2.98. The predicted octanol–water partition coefficient (Wildman–Crippen LogP) is 4.05. The van der Waals surface area contributed by atoms with Crippen LogP contribution in [0.1, 0.15) is 72.1 Å². The molecule has 3 aliphatic rings. The van der Waals surface area contributed by atoms with Gasteiger partial charge in [-0.15, -0.1) is 0 Å². The zero-order valence-corrected chi connectivity index (χ0v) is 14.5. The molecule has 6 unspecified atom stereocenters. The molecule has 3 rings (SSSR count). The lowest BCUT2D eigenvalue weighted by molar-refractivity contribution is -0.00291. The summed E-state index contributed by atoms with van der Waals surface area (Å²) < 4.78 is 0. The molecule has 1 saturated heterocycles. The molecule has 0 amide bonds. The molecule has 3 fully saturated rings. The molecule has 0 spiro atoms. The molecule has 21 heavy (non-hydrogen) atoms. The number of fused-ring (bicyclic) bond motifs is 1. The van der Waals surface area contributed by atoms with Gasteiger partial charge in [0.05, 0.1) is 0 Å². The third kappa shape index (κ3) is 3.32. The van der Waals surface area contributed by atoms with E-state index in [1.54, 1.807) is 0 Å². The van der Waals surface area contributed by atoms with Crippen LogP contribution in [0.3, 0.4) is 0 Å². The van der Waals surface area contributed by atoms with Gasteiger partial charge < -0.3 is 5.32 Å². The summed E-state index contributed by atoms with van der Waals surface area (Å²) in [7, 11) is 0. The molecule has 0 aromatic rings. The van der Waals surface area contributed by atoms with Crippen LogP contribution < -0.4 is 5.32 Å². The van der Waals surface area contributed by atoms with Crippen molar-refractivity contribution >= 4 is 0 Å². The van der Waals surface area contributed by atoms with Gasteiger partial charge in [0.15, 0.2) is 0 Å². The summed E-state index contributed by atoms with van der Waals surface area (Å²) in [5.74, 6) is 2.79. The summed E-state index contributed by atoms with van der Waals surface area (Å²) in [6.07, 6.45) is 11.5. The van der Waals surface area contributed by atoms with Crippen LogP contribution in [0.15, 0.2) is 0 Å². The maximum atomic E-state index is 3.92. The predicted molar refractivity (Wildman–Crippen MR) is 90.5 cm³/mol. The van der Waals surface area contributed by atoms with Crippen LogP contribution in [0.2, 0.25) is 0 Å². The summed E-state index contributed by atoms with van der Waals surface area (Å²) in [6.45, 7) is 9.85. The minimum Gasteiger partial charge on any atom is -0.312 e. The van der Waals surface area contributed by atoms with Crippen molar-refractivity contribution in [1.29, 1.82) is 0 Å². The van der Waals surface area contributed by atoms with Crippen molar-refractivity contribution in [2.75, 3.05) is 13.1 Å². The molecule has 0 aromatic carbocycles. The summed E-state index contributed by atoms with van der Waals surface area (Å²) in [5.41, 5.74) is 0. The first-order chi connectivity index (χ1) is 10.2. The smallest absolute Gasteiger partial charge is 0.0278 e. The van der Waals surface area contributed by atoms with Gasteiger partial charge in [-0.2, -0.15) is 0 Å². The van der Waals surface area contributed by atoms with Crippen LogP contribution in [0.4, 0.5) is 0 Å². The Bertz CT molecular complexity index is 330. The van der Waals surface area contributed by atoms with E-state index < -0.39 is 0 Å². The number of likely N-dealkylation sites (tertiary alicyclic amines) is 1. The topological polar surface area (TPSA) is 15.3 Å². The Morgan fingerprint density at radius 2 is 1.86 bits per heavy atom. The fraction of sp³-hybridized carbons (Fsp3) is 1.00. The molecular formula is C19H36N2. The second kappa shape index (κ2) is 7.00. The van der Waals surface area contributed by atoms with Gasteiger partial charge in [0.2, 0.25) is 0 Å². The van der Waals surface area contributed by atoms with Crippen molar-refractivity contribution in [2.45, 2.75) is 90.3 Å². The van der Waals surface area contributed by atoms with Crippen LogP contribution in [0.5, 0.6) is 0 Å². The Balaban J connectivity index is 1.75. The molecule has 2 heteroatoms. The zero-order valence-electron chi connectivity index (χ0n) is 14.5. The second-order valence-corrected chi connectivity index (χ2v) is 8.24. The molecule has 0 bridgehead atoms. The van der Waals surface area contributed by atoms with E-state index >= 15 is 0 Å². The average molecular weight is 293 g/mol. The molecule has 1 heterocycles. The fourth-order valence-corrected chi connectivity index (χ4v) is 5.79. The number of hydrogen-bond acceptors (Lipinski definition) is 2. The van der Waals surface area contributed by atoms with E-state index in [-0.39, 0.29) is 0 Å². The lowest BCUT2D eigenvalue weighted by Gasteiger charge is -2.51. The van der Waals surface area contributed by atoms with Crippen molar-refractivity contribution in [2.24, 2.45) is 17.8 Å². The second-order valence-electron chi connectivity index (χ2n) is 8.24. The van der Waals surface area contributed by atoms with Crippen LogP contribution in [-0.4, -0.2) is 36.1 Å².